The number of rotatable bonds is 6. The highest BCUT2D eigenvalue weighted by molar-refractivity contribution is 5.15. The first-order valence-electron chi connectivity index (χ1n) is 6.70. The molecular formula is C15H19N3. The normalized spacial score (nSPS) is 14.9. The predicted molar refractivity (Wildman–Crippen MR) is 72.3 cm³/mol. The summed E-state index contributed by atoms with van der Waals surface area (Å²) in [5.41, 5.74) is 2.57. The summed E-state index contributed by atoms with van der Waals surface area (Å²) in [7, 11) is 0. The van der Waals surface area contributed by atoms with Crippen LogP contribution in [0.4, 0.5) is 0 Å². The average molecular weight is 241 g/mol. The monoisotopic (exact) mass is 241 g/mol. The molecule has 1 aromatic heterocycles. The Kier molecular flexibility index (Phi) is 3.42. The van der Waals surface area contributed by atoms with Crippen molar-refractivity contribution in [3.05, 3.63) is 53.6 Å². The van der Waals surface area contributed by atoms with E-state index in [1.54, 1.807) is 0 Å². The van der Waals surface area contributed by atoms with Gasteiger partial charge in [0.25, 0.3) is 0 Å². The van der Waals surface area contributed by atoms with Crippen molar-refractivity contribution >= 4 is 0 Å². The molecule has 3 heteroatoms. The van der Waals surface area contributed by atoms with Gasteiger partial charge >= 0.3 is 0 Å². The number of aryl methyl sites for hydroxylation is 2. The van der Waals surface area contributed by atoms with Crippen LogP contribution in [0.3, 0.4) is 0 Å². The Hall–Kier alpha value is -1.61. The lowest BCUT2D eigenvalue weighted by Crippen LogP contribution is -2.15. The van der Waals surface area contributed by atoms with E-state index in [1.807, 2.05) is 6.20 Å². The smallest absolute Gasteiger partial charge is 0.106 e. The van der Waals surface area contributed by atoms with Crippen LogP contribution in [0.15, 0.2) is 36.5 Å². The van der Waals surface area contributed by atoms with Gasteiger partial charge in [-0.05, 0) is 24.8 Å². The highest BCUT2D eigenvalue weighted by Crippen LogP contribution is 2.19. The molecule has 3 rings (SSSR count). The second-order valence-electron chi connectivity index (χ2n) is 5.00. The van der Waals surface area contributed by atoms with Crippen LogP contribution in [-0.4, -0.2) is 16.0 Å². The molecule has 0 spiro atoms. The van der Waals surface area contributed by atoms with Gasteiger partial charge in [0, 0.05) is 30.9 Å². The molecule has 0 unspecified atom stereocenters. The zero-order chi connectivity index (χ0) is 12.2. The Labute approximate surface area is 108 Å². The number of aromatic nitrogens is 2. The number of nitrogens with one attached hydrogen (secondary N) is 2. The lowest BCUT2D eigenvalue weighted by atomic mass is 10.1. The van der Waals surface area contributed by atoms with Gasteiger partial charge in [-0.2, -0.15) is 0 Å². The van der Waals surface area contributed by atoms with Crippen LogP contribution in [0.2, 0.25) is 0 Å². The third-order valence-electron chi connectivity index (χ3n) is 3.33. The van der Waals surface area contributed by atoms with Crippen molar-refractivity contribution in [2.75, 3.05) is 0 Å². The topological polar surface area (TPSA) is 40.7 Å². The van der Waals surface area contributed by atoms with Crippen LogP contribution in [0, 0.1) is 0 Å². The van der Waals surface area contributed by atoms with Crippen molar-refractivity contribution in [2.45, 2.75) is 38.3 Å². The second-order valence-corrected chi connectivity index (χ2v) is 5.00. The molecule has 1 aliphatic rings. The van der Waals surface area contributed by atoms with Crippen molar-refractivity contribution in [2.24, 2.45) is 0 Å². The summed E-state index contributed by atoms with van der Waals surface area (Å²) in [6.45, 7) is 0.920. The first-order valence-corrected chi connectivity index (χ1v) is 6.70. The summed E-state index contributed by atoms with van der Waals surface area (Å²) < 4.78 is 0. The van der Waals surface area contributed by atoms with Crippen LogP contribution in [0.1, 0.15) is 29.9 Å². The van der Waals surface area contributed by atoms with Crippen molar-refractivity contribution < 1.29 is 0 Å². The van der Waals surface area contributed by atoms with Gasteiger partial charge < -0.3 is 10.3 Å². The molecule has 1 fully saturated rings. The SMILES string of the molecule is c1ccc(CCc2ncc(CNC3CC3)[nH]2)cc1. The van der Waals surface area contributed by atoms with Crippen molar-refractivity contribution in [3.63, 3.8) is 0 Å². The number of nitrogens with zero attached hydrogens (tertiary/aromatic N) is 1. The first kappa shape index (κ1) is 11.5. The van der Waals surface area contributed by atoms with Gasteiger partial charge in [0.15, 0.2) is 0 Å². The van der Waals surface area contributed by atoms with Crippen molar-refractivity contribution in [1.29, 1.82) is 0 Å². The summed E-state index contributed by atoms with van der Waals surface area (Å²) in [6.07, 6.45) is 6.64. The number of hydrogen-bond donors (Lipinski definition) is 2. The largest absolute Gasteiger partial charge is 0.345 e. The molecule has 0 saturated heterocycles. The zero-order valence-electron chi connectivity index (χ0n) is 10.5. The molecule has 1 aliphatic carbocycles. The Bertz CT molecular complexity index is 485. The molecule has 2 aromatic rings. The van der Waals surface area contributed by atoms with E-state index in [-0.39, 0.29) is 0 Å². The second kappa shape index (κ2) is 5.36. The van der Waals surface area contributed by atoms with Crippen LogP contribution in [-0.2, 0) is 19.4 Å². The fraction of sp³-hybridized carbons (Fsp3) is 0.400. The van der Waals surface area contributed by atoms with E-state index in [2.05, 4.69) is 45.6 Å². The summed E-state index contributed by atoms with van der Waals surface area (Å²) in [5.74, 6) is 1.09. The van der Waals surface area contributed by atoms with Gasteiger partial charge in [0.05, 0.1) is 0 Å². The molecule has 0 aliphatic heterocycles. The quantitative estimate of drug-likeness (QED) is 0.815. The molecule has 3 nitrogen and oxygen atoms in total. The number of H-pyrrole nitrogens is 1. The summed E-state index contributed by atoms with van der Waals surface area (Å²) in [6, 6.07) is 11.3. The fourth-order valence-electron chi connectivity index (χ4n) is 2.07. The average Bonchev–Trinajstić information content (AvgIpc) is 3.14. The molecular weight excluding hydrogens is 222 g/mol. The maximum absolute atomic E-state index is 4.43. The minimum absolute atomic E-state index is 0.751. The summed E-state index contributed by atoms with van der Waals surface area (Å²) >= 11 is 0. The predicted octanol–water partition coefficient (Wildman–Crippen LogP) is 2.45. The Morgan fingerprint density at radius 3 is 2.78 bits per heavy atom. The molecule has 2 N–H and O–H groups in total. The van der Waals surface area contributed by atoms with Crippen molar-refractivity contribution in [3.8, 4) is 0 Å². The van der Waals surface area contributed by atoms with Gasteiger partial charge in [0.2, 0.25) is 0 Å². The van der Waals surface area contributed by atoms with E-state index in [0.717, 1.165) is 31.3 Å². The molecule has 1 aromatic carbocycles. The lowest BCUT2D eigenvalue weighted by molar-refractivity contribution is 0.675. The van der Waals surface area contributed by atoms with Crippen LogP contribution < -0.4 is 5.32 Å². The van der Waals surface area contributed by atoms with E-state index < -0.39 is 0 Å². The van der Waals surface area contributed by atoms with Crippen LogP contribution in [0.5, 0.6) is 0 Å². The fourth-order valence-corrected chi connectivity index (χ4v) is 2.07. The Morgan fingerprint density at radius 2 is 2.00 bits per heavy atom. The summed E-state index contributed by atoms with van der Waals surface area (Å²) in [4.78, 5) is 7.83. The van der Waals surface area contributed by atoms with E-state index in [1.165, 1.54) is 24.1 Å². The van der Waals surface area contributed by atoms with E-state index in [0.29, 0.717) is 0 Å². The number of benzene rings is 1. The highest BCUT2D eigenvalue weighted by atomic mass is 15.0. The minimum Gasteiger partial charge on any atom is -0.345 e. The third kappa shape index (κ3) is 3.20. The number of imidazole rings is 1. The Morgan fingerprint density at radius 1 is 1.17 bits per heavy atom. The number of aromatic amines is 1. The standard InChI is InChI=1S/C15H19N3/c1-2-4-12(5-3-1)6-9-15-17-11-14(18-15)10-16-13-7-8-13/h1-5,11,13,16H,6-10H2,(H,17,18). The molecule has 18 heavy (non-hydrogen) atoms. The maximum Gasteiger partial charge on any atom is 0.106 e. The van der Waals surface area contributed by atoms with Gasteiger partial charge in [-0.15, -0.1) is 0 Å². The van der Waals surface area contributed by atoms with Crippen LogP contribution in [0.25, 0.3) is 0 Å². The molecule has 1 heterocycles. The first-order chi connectivity index (χ1) is 8.90. The molecule has 1 saturated carbocycles. The van der Waals surface area contributed by atoms with E-state index in [4.69, 9.17) is 0 Å². The molecule has 0 bridgehead atoms. The highest BCUT2D eigenvalue weighted by Gasteiger charge is 2.20. The maximum atomic E-state index is 4.43. The van der Waals surface area contributed by atoms with Gasteiger partial charge in [-0.25, -0.2) is 4.98 Å². The minimum atomic E-state index is 0.751. The molecule has 94 valence electrons. The van der Waals surface area contributed by atoms with Gasteiger partial charge in [0.1, 0.15) is 5.82 Å². The Balaban J connectivity index is 1.50. The third-order valence-corrected chi connectivity index (χ3v) is 3.33. The van der Waals surface area contributed by atoms with Gasteiger partial charge in [-0.3, -0.25) is 0 Å². The van der Waals surface area contributed by atoms with E-state index in [9.17, 15) is 0 Å². The molecule has 0 radical (unpaired) electrons. The molecule has 0 atom stereocenters. The van der Waals surface area contributed by atoms with E-state index >= 15 is 0 Å². The van der Waals surface area contributed by atoms with Crippen LogP contribution >= 0.6 is 0 Å². The van der Waals surface area contributed by atoms with Crippen molar-refractivity contribution in [1.82, 2.24) is 15.3 Å². The molecule has 0 amide bonds. The van der Waals surface area contributed by atoms with Gasteiger partial charge in [-0.1, -0.05) is 30.3 Å². The number of hydrogen-bond acceptors (Lipinski definition) is 2. The lowest BCUT2D eigenvalue weighted by Gasteiger charge is -2.00. The summed E-state index contributed by atoms with van der Waals surface area (Å²) in [5, 5.41) is 3.49. The zero-order valence-corrected chi connectivity index (χ0v) is 10.5.